The topological polar surface area (TPSA) is 121 Å². The van der Waals surface area contributed by atoms with Crippen molar-refractivity contribution in [1.82, 2.24) is 30.5 Å². The minimum atomic E-state index is -0.206. The number of aromatic nitrogens is 5. The van der Waals surface area contributed by atoms with Gasteiger partial charge < -0.3 is 16.0 Å². The van der Waals surface area contributed by atoms with Gasteiger partial charge in [0.25, 0.3) is 5.91 Å². The largest absolute Gasteiger partial charge is 0.354 e. The van der Waals surface area contributed by atoms with E-state index in [1.165, 1.54) is 0 Å². The van der Waals surface area contributed by atoms with Gasteiger partial charge in [-0.3, -0.25) is 14.9 Å². The zero-order valence-corrected chi connectivity index (χ0v) is 20.8. The fourth-order valence-electron chi connectivity index (χ4n) is 3.32. The van der Waals surface area contributed by atoms with E-state index in [9.17, 15) is 4.79 Å². The molecule has 0 fully saturated rings. The first kappa shape index (κ1) is 22.6. The summed E-state index contributed by atoms with van der Waals surface area (Å²) in [6.45, 7) is 6.00. The van der Waals surface area contributed by atoms with Crippen molar-refractivity contribution >= 4 is 51.8 Å². The van der Waals surface area contributed by atoms with Gasteiger partial charge in [0.05, 0.1) is 3.57 Å². The lowest BCUT2D eigenvalue weighted by molar-refractivity contribution is 0.0958. The van der Waals surface area contributed by atoms with Gasteiger partial charge in [-0.05, 0) is 78.3 Å². The lowest BCUT2D eigenvalue weighted by Crippen LogP contribution is -2.18. The molecule has 0 bridgehead atoms. The Morgan fingerprint density at radius 3 is 2.48 bits per heavy atom. The number of carbonyl (C=O) groups is 1. The molecular formula is C23H23IN8O. The van der Waals surface area contributed by atoms with Crippen LogP contribution < -0.4 is 16.0 Å². The van der Waals surface area contributed by atoms with Gasteiger partial charge >= 0.3 is 0 Å². The molecule has 1 amide bonds. The van der Waals surface area contributed by atoms with E-state index in [1.807, 2.05) is 32.9 Å². The highest BCUT2D eigenvalue weighted by Crippen LogP contribution is 2.30. The molecule has 0 aliphatic heterocycles. The van der Waals surface area contributed by atoms with Gasteiger partial charge in [-0.2, -0.15) is 10.1 Å². The maximum absolute atomic E-state index is 11.7. The molecule has 0 aliphatic rings. The Balaban J connectivity index is 1.57. The van der Waals surface area contributed by atoms with Crippen molar-refractivity contribution in [3.8, 4) is 11.1 Å². The van der Waals surface area contributed by atoms with Crippen molar-refractivity contribution in [2.75, 3.05) is 17.7 Å². The standard InChI is InChI=1S/C23H23IN8O/c1-12-8-19(13(2)7-16(12)15-5-6-18(26-10-15)22(33)25-4)28-23-27-11-17(24)21(30-23)29-20-9-14(3)31-32-20/h5-11H,1-4H3,(H,25,33)(H3,27,28,29,30,31,32). The van der Waals surface area contributed by atoms with E-state index >= 15 is 0 Å². The number of carbonyl (C=O) groups excluding carboxylic acids is 1. The second-order valence-electron chi connectivity index (χ2n) is 7.57. The third kappa shape index (κ3) is 5.11. The summed E-state index contributed by atoms with van der Waals surface area (Å²) in [5.74, 6) is 1.65. The molecule has 0 atom stereocenters. The number of anilines is 4. The molecule has 0 spiro atoms. The van der Waals surface area contributed by atoms with Crippen LogP contribution in [0.4, 0.5) is 23.3 Å². The number of nitrogens with one attached hydrogen (secondary N) is 4. The number of pyridine rings is 1. The summed E-state index contributed by atoms with van der Waals surface area (Å²) in [5, 5.41) is 16.2. The molecule has 0 radical (unpaired) electrons. The van der Waals surface area contributed by atoms with Crippen molar-refractivity contribution in [1.29, 1.82) is 0 Å². The Labute approximate surface area is 205 Å². The zero-order valence-electron chi connectivity index (χ0n) is 18.6. The maximum atomic E-state index is 11.7. The molecule has 168 valence electrons. The summed E-state index contributed by atoms with van der Waals surface area (Å²) in [5.41, 5.74) is 6.35. The van der Waals surface area contributed by atoms with Crippen LogP contribution in [0, 0.1) is 24.3 Å². The second kappa shape index (κ2) is 9.53. The van der Waals surface area contributed by atoms with Crippen LogP contribution in [-0.2, 0) is 0 Å². The average molecular weight is 554 g/mol. The molecule has 0 saturated carbocycles. The molecule has 10 heteroatoms. The first-order valence-electron chi connectivity index (χ1n) is 10.2. The number of hydrogen-bond donors (Lipinski definition) is 4. The van der Waals surface area contributed by atoms with Crippen LogP contribution in [0.3, 0.4) is 0 Å². The monoisotopic (exact) mass is 554 g/mol. The number of hydrogen-bond acceptors (Lipinski definition) is 7. The predicted octanol–water partition coefficient (Wildman–Crippen LogP) is 4.64. The summed E-state index contributed by atoms with van der Waals surface area (Å²) in [6.07, 6.45) is 3.48. The Kier molecular flexibility index (Phi) is 6.54. The van der Waals surface area contributed by atoms with Crippen LogP contribution in [0.5, 0.6) is 0 Å². The van der Waals surface area contributed by atoms with Crippen LogP contribution in [0.2, 0.25) is 0 Å². The van der Waals surface area contributed by atoms with Crippen molar-refractivity contribution in [3.63, 3.8) is 0 Å². The number of halogens is 1. The Bertz CT molecular complexity index is 1320. The van der Waals surface area contributed by atoms with Crippen molar-refractivity contribution in [3.05, 3.63) is 68.8 Å². The first-order valence-corrected chi connectivity index (χ1v) is 11.3. The summed E-state index contributed by atoms with van der Waals surface area (Å²) in [7, 11) is 1.59. The highest BCUT2D eigenvalue weighted by molar-refractivity contribution is 14.1. The summed E-state index contributed by atoms with van der Waals surface area (Å²) < 4.78 is 0.884. The number of benzene rings is 1. The minimum Gasteiger partial charge on any atom is -0.354 e. The molecule has 4 rings (SSSR count). The number of rotatable bonds is 6. The fraction of sp³-hybridized carbons (Fsp3) is 0.174. The Morgan fingerprint density at radius 2 is 1.82 bits per heavy atom. The van der Waals surface area contributed by atoms with Crippen LogP contribution in [0.15, 0.2) is 42.7 Å². The first-order chi connectivity index (χ1) is 15.8. The second-order valence-corrected chi connectivity index (χ2v) is 8.73. The van der Waals surface area contributed by atoms with E-state index in [2.05, 4.69) is 75.8 Å². The van der Waals surface area contributed by atoms with Crippen LogP contribution in [-0.4, -0.2) is 38.1 Å². The van der Waals surface area contributed by atoms with Gasteiger partial charge in [0, 0.05) is 42.5 Å². The number of aromatic amines is 1. The molecule has 4 aromatic rings. The van der Waals surface area contributed by atoms with Crippen LogP contribution in [0.25, 0.3) is 11.1 Å². The molecular weight excluding hydrogens is 531 g/mol. The van der Waals surface area contributed by atoms with Gasteiger partial charge in [-0.1, -0.05) is 6.07 Å². The average Bonchev–Trinajstić information content (AvgIpc) is 3.22. The predicted molar refractivity (Wildman–Crippen MR) is 137 cm³/mol. The van der Waals surface area contributed by atoms with Crippen molar-refractivity contribution in [2.24, 2.45) is 0 Å². The smallest absolute Gasteiger partial charge is 0.269 e. The summed E-state index contributed by atoms with van der Waals surface area (Å²) >= 11 is 2.19. The number of H-pyrrole nitrogens is 1. The molecule has 33 heavy (non-hydrogen) atoms. The van der Waals surface area contributed by atoms with E-state index in [0.717, 1.165) is 37.2 Å². The summed E-state index contributed by atoms with van der Waals surface area (Å²) in [6, 6.07) is 9.69. The van der Waals surface area contributed by atoms with Crippen LogP contribution in [0.1, 0.15) is 27.3 Å². The van der Waals surface area contributed by atoms with Gasteiger partial charge in [0.2, 0.25) is 5.95 Å². The number of aryl methyl sites for hydroxylation is 3. The van der Waals surface area contributed by atoms with Crippen LogP contribution >= 0.6 is 22.6 Å². The number of nitrogens with zero attached hydrogens (tertiary/aromatic N) is 4. The summed E-state index contributed by atoms with van der Waals surface area (Å²) in [4.78, 5) is 25.1. The highest BCUT2D eigenvalue weighted by atomic mass is 127. The SMILES string of the molecule is CNC(=O)c1ccc(-c2cc(C)c(Nc3ncc(I)c(Nc4cc(C)[nH]n4)n3)cc2C)cn1. The molecule has 4 N–H and O–H groups in total. The molecule has 0 aliphatic carbocycles. The van der Waals surface area contributed by atoms with Gasteiger partial charge in [0.15, 0.2) is 11.6 Å². The Morgan fingerprint density at radius 1 is 1.00 bits per heavy atom. The van der Waals surface area contributed by atoms with E-state index in [0.29, 0.717) is 23.3 Å². The van der Waals surface area contributed by atoms with Gasteiger partial charge in [0.1, 0.15) is 5.69 Å². The third-order valence-electron chi connectivity index (χ3n) is 5.05. The normalized spacial score (nSPS) is 10.7. The van der Waals surface area contributed by atoms with Crippen molar-refractivity contribution < 1.29 is 4.79 Å². The molecule has 9 nitrogen and oxygen atoms in total. The molecule has 3 aromatic heterocycles. The van der Waals surface area contributed by atoms with Gasteiger partial charge in [-0.25, -0.2) is 4.98 Å². The molecule has 3 heterocycles. The fourth-order valence-corrected chi connectivity index (χ4v) is 3.71. The van der Waals surface area contributed by atoms with E-state index in [4.69, 9.17) is 0 Å². The van der Waals surface area contributed by atoms with Gasteiger partial charge in [-0.15, -0.1) is 0 Å². The molecule has 1 aromatic carbocycles. The maximum Gasteiger partial charge on any atom is 0.269 e. The lowest BCUT2D eigenvalue weighted by Gasteiger charge is -2.14. The zero-order chi connectivity index (χ0) is 23.5. The third-order valence-corrected chi connectivity index (χ3v) is 5.84. The Hall–Kier alpha value is -3.54. The molecule has 0 saturated heterocycles. The van der Waals surface area contributed by atoms with E-state index in [1.54, 1.807) is 25.5 Å². The lowest BCUT2D eigenvalue weighted by atomic mass is 9.98. The quantitative estimate of drug-likeness (QED) is 0.257. The number of amides is 1. The minimum absolute atomic E-state index is 0.206. The van der Waals surface area contributed by atoms with Crippen molar-refractivity contribution in [2.45, 2.75) is 20.8 Å². The van der Waals surface area contributed by atoms with E-state index < -0.39 is 0 Å². The van der Waals surface area contributed by atoms with E-state index in [-0.39, 0.29) is 5.91 Å². The molecule has 0 unspecified atom stereocenters. The highest BCUT2D eigenvalue weighted by Gasteiger charge is 2.12.